The summed E-state index contributed by atoms with van der Waals surface area (Å²) in [7, 11) is 1.97. The number of nitrogens with zero attached hydrogens (tertiary/aromatic N) is 7. The Morgan fingerprint density at radius 2 is 2.00 bits per heavy atom. The molecule has 0 unspecified atom stereocenters. The fourth-order valence-corrected chi connectivity index (χ4v) is 5.06. The molecule has 2 aromatic carbocycles. The Balaban J connectivity index is 1.35. The topological polar surface area (TPSA) is 91.0 Å². The average molecular weight is 494 g/mol. The van der Waals surface area contributed by atoms with Gasteiger partial charge in [-0.15, -0.1) is 0 Å². The van der Waals surface area contributed by atoms with E-state index in [2.05, 4.69) is 27.6 Å². The van der Waals surface area contributed by atoms with Crippen LogP contribution in [-0.2, 0) is 11.8 Å². The van der Waals surface area contributed by atoms with Gasteiger partial charge in [0.1, 0.15) is 23.5 Å². The summed E-state index contributed by atoms with van der Waals surface area (Å²) in [4.78, 5) is 27.4. The fourth-order valence-electron chi connectivity index (χ4n) is 5.06. The molecule has 37 heavy (non-hydrogen) atoms. The van der Waals surface area contributed by atoms with E-state index in [9.17, 15) is 4.79 Å². The molecule has 3 aromatic heterocycles. The van der Waals surface area contributed by atoms with Crippen molar-refractivity contribution < 1.29 is 9.53 Å². The van der Waals surface area contributed by atoms with E-state index in [4.69, 9.17) is 9.84 Å². The van der Waals surface area contributed by atoms with Crippen molar-refractivity contribution in [2.24, 2.45) is 7.05 Å². The van der Waals surface area contributed by atoms with Crippen molar-refractivity contribution in [1.82, 2.24) is 34.2 Å². The molecule has 0 spiro atoms. The molecule has 1 atom stereocenters. The fraction of sp³-hybridized carbons (Fsp3) is 0.250. The number of aryl methyl sites for hydroxylation is 3. The van der Waals surface area contributed by atoms with Crippen molar-refractivity contribution in [3.63, 3.8) is 0 Å². The predicted molar refractivity (Wildman–Crippen MR) is 141 cm³/mol. The third kappa shape index (κ3) is 3.92. The Labute approximate surface area is 214 Å². The van der Waals surface area contributed by atoms with Crippen molar-refractivity contribution in [2.45, 2.75) is 26.3 Å². The SMILES string of the molecule is C=CC(=O)N1CC[C@@H](n2nc(-c3ccc(Oc4ccc5c(c4)ncn5C)c(C)c3)c3c(C)ncnc32)C1. The van der Waals surface area contributed by atoms with Crippen LogP contribution < -0.4 is 4.74 Å². The van der Waals surface area contributed by atoms with Crippen LogP contribution in [0.5, 0.6) is 11.5 Å². The number of aromatic nitrogens is 6. The summed E-state index contributed by atoms with van der Waals surface area (Å²) >= 11 is 0. The Bertz CT molecular complexity index is 1680. The summed E-state index contributed by atoms with van der Waals surface area (Å²) < 4.78 is 10.2. The molecule has 0 saturated carbocycles. The lowest BCUT2D eigenvalue weighted by Gasteiger charge is -2.14. The van der Waals surface area contributed by atoms with Crippen LogP contribution in [-0.4, -0.2) is 53.2 Å². The predicted octanol–water partition coefficient (Wildman–Crippen LogP) is 4.75. The number of hydrogen-bond acceptors (Lipinski definition) is 6. The lowest BCUT2D eigenvalue weighted by Crippen LogP contribution is -2.27. The average Bonchev–Trinajstić information content (AvgIpc) is 3.62. The van der Waals surface area contributed by atoms with Gasteiger partial charge in [-0.25, -0.2) is 19.6 Å². The van der Waals surface area contributed by atoms with Crippen LogP contribution in [0.4, 0.5) is 0 Å². The van der Waals surface area contributed by atoms with Gasteiger partial charge in [0.05, 0.1) is 34.5 Å². The van der Waals surface area contributed by atoms with Gasteiger partial charge < -0.3 is 14.2 Å². The normalized spacial score (nSPS) is 15.5. The number of carbonyl (C=O) groups is 1. The summed E-state index contributed by atoms with van der Waals surface area (Å²) in [6.07, 6.45) is 5.54. The van der Waals surface area contributed by atoms with E-state index in [1.54, 1.807) is 17.6 Å². The van der Waals surface area contributed by atoms with Gasteiger partial charge in [0.15, 0.2) is 5.65 Å². The minimum Gasteiger partial charge on any atom is -0.457 e. The van der Waals surface area contributed by atoms with Crippen LogP contribution in [0.2, 0.25) is 0 Å². The van der Waals surface area contributed by atoms with Crippen molar-refractivity contribution in [2.75, 3.05) is 13.1 Å². The van der Waals surface area contributed by atoms with Gasteiger partial charge in [0, 0.05) is 31.8 Å². The van der Waals surface area contributed by atoms with Gasteiger partial charge in [-0.3, -0.25) is 4.79 Å². The molecule has 1 aliphatic rings. The summed E-state index contributed by atoms with van der Waals surface area (Å²) in [6, 6.07) is 12.0. The van der Waals surface area contributed by atoms with Crippen LogP contribution >= 0.6 is 0 Å². The minimum atomic E-state index is -0.0570. The molecule has 0 bridgehead atoms. The lowest BCUT2D eigenvalue weighted by molar-refractivity contribution is -0.125. The molecule has 6 rings (SSSR count). The minimum absolute atomic E-state index is 0.0414. The van der Waals surface area contributed by atoms with Gasteiger partial charge in [-0.05, 0) is 62.2 Å². The maximum Gasteiger partial charge on any atom is 0.246 e. The highest BCUT2D eigenvalue weighted by atomic mass is 16.5. The van der Waals surface area contributed by atoms with E-state index in [1.165, 1.54) is 6.08 Å². The molecule has 1 aliphatic heterocycles. The first-order valence-corrected chi connectivity index (χ1v) is 12.2. The molecule has 0 radical (unpaired) electrons. The van der Waals surface area contributed by atoms with Crippen LogP contribution in [0.1, 0.15) is 23.7 Å². The number of likely N-dealkylation sites (tertiary alicyclic amines) is 1. The number of imidazole rings is 1. The number of ether oxygens (including phenoxy) is 1. The molecule has 9 nitrogen and oxygen atoms in total. The summed E-state index contributed by atoms with van der Waals surface area (Å²) in [6.45, 7) is 8.86. The van der Waals surface area contributed by atoms with Gasteiger partial charge >= 0.3 is 0 Å². The first-order chi connectivity index (χ1) is 17.9. The number of amides is 1. The van der Waals surface area contributed by atoms with E-state index in [1.807, 2.05) is 60.5 Å². The zero-order valence-corrected chi connectivity index (χ0v) is 21.0. The highest BCUT2D eigenvalue weighted by Gasteiger charge is 2.30. The van der Waals surface area contributed by atoms with Crippen LogP contribution in [0.25, 0.3) is 33.3 Å². The number of hydrogen-bond donors (Lipinski definition) is 0. The first-order valence-electron chi connectivity index (χ1n) is 12.2. The van der Waals surface area contributed by atoms with Crippen molar-refractivity contribution >= 4 is 28.0 Å². The van der Waals surface area contributed by atoms with Crippen LogP contribution in [0.3, 0.4) is 0 Å². The molecule has 1 amide bonds. The van der Waals surface area contributed by atoms with Gasteiger partial charge in [0.25, 0.3) is 0 Å². The summed E-state index contributed by atoms with van der Waals surface area (Å²) in [5.74, 6) is 1.45. The van der Waals surface area contributed by atoms with Gasteiger partial charge in [0.2, 0.25) is 5.91 Å². The Morgan fingerprint density at radius 3 is 2.81 bits per heavy atom. The van der Waals surface area contributed by atoms with E-state index in [0.29, 0.717) is 13.1 Å². The standard InChI is InChI=1S/C28H27N7O2/c1-5-25(36)34-11-10-20(14-34)35-28-26(18(3)29-15-30-28)27(32-35)19-6-9-24(17(2)12-19)37-21-7-8-23-22(13-21)31-16-33(23)4/h5-9,12-13,15-16,20H,1,10-11,14H2,2-4H3/t20-/m1/s1. The Morgan fingerprint density at radius 1 is 1.14 bits per heavy atom. The van der Waals surface area contributed by atoms with E-state index >= 15 is 0 Å². The smallest absolute Gasteiger partial charge is 0.246 e. The molecular formula is C28H27N7O2. The largest absolute Gasteiger partial charge is 0.457 e. The highest BCUT2D eigenvalue weighted by molar-refractivity contribution is 5.93. The zero-order valence-electron chi connectivity index (χ0n) is 21.0. The third-order valence-corrected chi connectivity index (χ3v) is 7.05. The Hall–Kier alpha value is -4.53. The monoisotopic (exact) mass is 493 g/mol. The maximum atomic E-state index is 12.1. The van der Waals surface area contributed by atoms with Crippen LogP contribution in [0.15, 0.2) is 61.7 Å². The number of benzene rings is 2. The third-order valence-electron chi connectivity index (χ3n) is 7.05. The van der Waals surface area contributed by atoms with Crippen molar-refractivity contribution in [3.8, 4) is 22.8 Å². The Kier molecular flexibility index (Phi) is 5.48. The molecule has 1 saturated heterocycles. The van der Waals surface area contributed by atoms with Crippen molar-refractivity contribution in [3.05, 3.63) is 73.0 Å². The summed E-state index contributed by atoms with van der Waals surface area (Å²) in [5.41, 5.74) is 6.36. The van der Waals surface area contributed by atoms with Crippen LogP contribution in [0, 0.1) is 13.8 Å². The molecule has 1 fully saturated rings. The molecule has 5 aromatic rings. The van der Waals surface area contributed by atoms with Crippen molar-refractivity contribution in [1.29, 1.82) is 0 Å². The van der Waals surface area contributed by atoms with Gasteiger partial charge in [-0.2, -0.15) is 5.10 Å². The second-order valence-electron chi connectivity index (χ2n) is 9.47. The first kappa shape index (κ1) is 22.9. The number of fused-ring (bicyclic) bond motifs is 2. The molecule has 186 valence electrons. The summed E-state index contributed by atoms with van der Waals surface area (Å²) in [5, 5.41) is 5.93. The highest BCUT2D eigenvalue weighted by Crippen LogP contribution is 2.35. The van der Waals surface area contributed by atoms with Gasteiger partial charge in [-0.1, -0.05) is 6.58 Å². The van der Waals surface area contributed by atoms with E-state index < -0.39 is 0 Å². The molecule has 0 aliphatic carbocycles. The molecule has 4 heterocycles. The maximum absolute atomic E-state index is 12.1. The second kappa shape index (κ2) is 8.85. The van der Waals surface area contributed by atoms with E-state index in [0.717, 1.165) is 62.5 Å². The lowest BCUT2D eigenvalue weighted by atomic mass is 10.1. The van der Waals surface area contributed by atoms with E-state index in [-0.39, 0.29) is 11.9 Å². The second-order valence-corrected chi connectivity index (χ2v) is 9.47. The quantitative estimate of drug-likeness (QED) is 0.328. The zero-order chi connectivity index (χ0) is 25.7. The molecule has 9 heteroatoms. The number of carbonyl (C=O) groups excluding carboxylic acids is 1. The molecular weight excluding hydrogens is 466 g/mol. The molecule has 0 N–H and O–H groups in total. The number of rotatable bonds is 5.